The van der Waals surface area contributed by atoms with Crippen molar-refractivity contribution < 1.29 is 25.9 Å². The monoisotopic (exact) mass is 784 g/mol. The molecule has 229 valence electrons. The Morgan fingerprint density at radius 2 is 1.21 bits per heavy atom. The molecule has 0 bridgehead atoms. The maximum atomic E-state index is 8.45. The van der Waals surface area contributed by atoms with E-state index in [4.69, 9.17) is 5.79 Å². The summed E-state index contributed by atoms with van der Waals surface area (Å²) in [5, 5.41) is 9.34. The first-order valence-electron chi connectivity index (χ1n) is 15.9. The molecule has 1 radical (unpaired) electrons. The van der Waals surface area contributed by atoms with Crippen molar-refractivity contribution in [2.75, 3.05) is 0 Å². The Balaban J connectivity index is 0.000000237. The maximum absolute atomic E-state index is 8.45. The number of hydrogen-bond acceptors (Lipinski definition) is 3. The van der Waals surface area contributed by atoms with Crippen molar-refractivity contribution in [3.8, 4) is 22.5 Å². The van der Waals surface area contributed by atoms with E-state index >= 15 is 0 Å². The Morgan fingerprint density at radius 1 is 0.574 bits per heavy atom. The topological polar surface area (TPSA) is 38.9 Å². The first kappa shape index (κ1) is 29.3. The van der Waals surface area contributed by atoms with Crippen molar-refractivity contribution >= 4 is 54.3 Å². The number of rotatable bonds is 3. The van der Waals surface area contributed by atoms with Gasteiger partial charge in [0.25, 0.3) is 0 Å². The number of furan rings is 1. The summed E-state index contributed by atoms with van der Waals surface area (Å²) in [5.41, 5.74) is 6.18. The normalized spacial score (nSPS) is 11.7. The van der Waals surface area contributed by atoms with E-state index in [2.05, 4.69) is 88.8 Å². The minimum absolute atomic E-state index is 0. The van der Waals surface area contributed by atoms with E-state index in [-0.39, 0.29) is 20.1 Å². The van der Waals surface area contributed by atoms with Crippen molar-refractivity contribution in [3.05, 3.63) is 157 Å². The molecule has 47 heavy (non-hydrogen) atoms. The Kier molecular flexibility index (Phi) is 8.05. The van der Waals surface area contributed by atoms with Crippen LogP contribution in [0.25, 0.3) is 76.8 Å². The van der Waals surface area contributed by atoms with Gasteiger partial charge in [0.15, 0.2) is 0 Å². The van der Waals surface area contributed by atoms with E-state index in [1.165, 1.54) is 26.9 Å². The summed E-state index contributed by atoms with van der Waals surface area (Å²) in [7, 11) is 0. The predicted octanol–water partition coefficient (Wildman–Crippen LogP) is 11.6. The van der Waals surface area contributed by atoms with Crippen LogP contribution in [-0.2, 0) is 20.1 Å². The fourth-order valence-electron chi connectivity index (χ4n) is 6.33. The van der Waals surface area contributed by atoms with Crippen molar-refractivity contribution in [2.24, 2.45) is 0 Å². The van der Waals surface area contributed by atoms with Gasteiger partial charge < -0.3 is 14.4 Å². The molecule has 3 nitrogen and oxygen atoms in total. The number of fused-ring (bicyclic) bond motifs is 10. The fourth-order valence-corrected chi connectivity index (χ4v) is 6.33. The summed E-state index contributed by atoms with van der Waals surface area (Å²) in [6, 6.07) is 49.6. The van der Waals surface area contributed by atoms with Crippen LogP contribution in [-0.4, -0.2) is 9.97 Å². The summed E-state index contributed by atoms with van der Waals surface area (Å²) in [4.78, 5) is 8.84. The standard InChI is InChI=1S/C32H22NO.C11H8N.Ir/c1-19(2)20-16-17-33-29(18-20)28-13-7-12-26-27-15-14-25-23-10-4-3-8-21(23)22-9-5-6-11-24(22)30(25)32(27)34-31(26)28;1-2-6-10(7-3-1)11-8-4-5-9-12-11;/h3-12,14-19H,1-2H3;1-6,8-9H;/q2*-1;/i19D;;. The molecule has 0 fully saturated rings. The van der Waals surface area contributed by atoms with Crippen LogP contribution >= 0.6 is 0 Å². The van der Waals surface area contributed by atoms with Crippen LogP contribution in [0.3, 0.4) is 0 Å². The molecule has 0 saturated carbocycles. The summed E-state index contributed by atoms with van der Waals surface area (Å²) >= 11 is 0. The number of nitrogens with zero attached hydrogens (tertiary/aromatic N) is 2. The Hall–Kier alpha value is -5.15. The predicted molar refractivity (Wildman–Crippen MR) is 191 cm³/mol. The van der Waals surface area contributed by atoms with E-state index in [1.54, 1.807) is 12.4 Å². The molecule has 3 heterocycles. The molecule has 0 aliphatic heterocycles. The number of hydrogen-bond donors (Lipinski definition) is 0. The summed E-state index contributed by atoms with van der Waals surface area (Å²) in [6.45, 7) is 3.78. The molecule has 4 heteroatoms. The zero-order chi connectivity index (χ0) is 32.0. The average molecular weight is 784 g/mol. The van der Waals surface area contributed by atoms with Crippen LogP contribution in [0.4, 0.5) is 0 Å². The Morgan fingerprint density at radius 3 is 1.91 bits per heavy atom. The van der Waals surface area contributed by atoms with Crippen LogP contribution < -0.4 is 0 Å². The third-order valence-corrected chi connectivity index (χ3v) is 8.55. The zero-order valence-electron chi connectivity index (χ0n) is 26.9. The van der Waals surface area contributed by atoms with Crippen molar-refractivity contribution in [1.82, 2.24) is 9.97 Å². The van der Waals surface area contributed by atoms with Crippen LogP contribution in [0.2, 0.25) is 0 Å². The summed E-state index contributed by atoms with van der Waals surface area (Å²) in [6.07, 6.45) is 3.56. The van der Waals surface area contributed by atoms with Crippen LogP contribution in [0.1, 0.15) is 26.7 Å². The van der Waals surface area contributed by atoms with Crippen LogP contribution in [0.5, 0.6) is 0 Å². The van der Waals surface area contributed by atoms with Crippen molar-refractivity contribution in [1.29, 1.82) is 0 Å². The van der Waals surface area contributed by atoms with Crippen molar-refractivity contribution in [2.45, 2.75) is 19.7 Å². The molecule has 0 saturated heterocycles. The minimum atomic E-state index is -0.713. The van der Waals surface area contributed by atoms with Crippen LogP contribution in [0.15, 0.2) is 144 Å². The largest absolute Gasteiger partial charge is 0.500 e. The van der Waals surface area contributed by atoms with E-state index in [9.17, 15) is 0 Å². The fraction of sp³-hybridized carbons (Fsp3) is 0.0698. The van der Waals surface area contributed by atoms with Gasteiger partial charge in [-0.2, -0.15) is 0 Å². The van der Waals surface area contributed by atoms with Gasteiger partial charge in [-0.15, -0.1) is 54.1 Å². The van der Waals surface area contributed by atoms with E-state index < -0.39 is 5.89 Å². The molecule has 0 amide bonds. The second-order valence-electron chi connectivity index (χ2n) is 11.6. The van der Waals surface area contributed by atoms with E-state index in [1.807, 2.05) is 74.5 Å². The van der Waals surface area contributed by atoms with Crippen molar-refractivity contribution in [3.63, 3.8) is 0 Å². The second kappa shape index (κ2) is 12.9. The minimum Gasteiger partial charge on any atom is -0.500 e. The maximum Gasteiger partial charge on any atom is 0.129 e. The second-order valence-corrected chi connectivity index (χ2v) is 11.6. The summed E-state index contributed by atoms with van der Waals surface area (Å²) < 4.78 is 15.2. The SMILES string of the molecule is [2H]C(C)(C)c1ccnc(-c2[c-]ccc3c2oc2c3ccc3c4ccccc4c4ccccc4c32)c1.[Ir].[c-]1ccccc1-c1ccccn1. The van der Waals surface area contributed by atoms with Gasteiger partial charge in [-0.1, -0.05) is 109 Å². The quantitative estimate of drug-likeness (QED) is 0.132. The van der Waals surface area contributed by atoms with Gasteiger partial charge in [0.2, 0.25) is 0 Å². The van der Waals surface area contributed by atoms with Crippen LogP contribution in [0, 0.1) is 12.1 Å². The van der Waals surface area contributed by atoms with Gasteiger partial charge in [-0.05, 0) is 56.3 Å². The Labute approximate surface area is 288 Å². The smallest absolute Gasteiger partial charge is 0.129 e. The van der Waals surface area contributed by atoms with E-state index in [0.29, 0.717) is 0 Å². The molecule has 9 rings (SSSR count). The third-order valence-electron chi connectivity index (χ3n) is 8.55. The zero-order valence-corrected chi connectivity index (χ0v) is 28.3. The number of pyridine rings is 2. The van der Waals surface area contributed by atoms with Gasteiger partial charge in [0, 0.05) is 44.6 Å². The van der Waals surface area contributed by atoms with Gasteiger partial charge in [-0.3, -0.25) is 0 Å². The third kappa shape index (κ3) is 5.50. The molecule has 3 aromatic heterocycles. The van der Waals surface area contributed by atoms with E-state index in [0.717, 1.165) is 55.4 Å². The molecule has 0 N–H and O–H groups in total. The molecule has 0 unspecified atom stereocenters. The van der Waals surface area contributed by atoms with Gasteiger partial charge in [-0.25, -0.2) is 0 Å². The molecule has 6 aromatic carbocycles. The first-order chi connectivity index (χ1) is 23.0. The van der Waals surface area contributed by atoms with Gasteiger partial charge in [0.1, 0.15) is 5.58 Å². The molecule has 0 aliphatic carbocycles. The Bertz CT molecular complexity index is 2480. The first-order valence-corrected chi connectivity index (χ1v) is 15.4. The molecule has 0 spiro atoms. The molecule has 0 aliphatic rings. The molecule has 9 aromatic rings. The van der Waals surface area contributed by atoms with Gasteiger partial charge in [0.05, 0.1) is 5.58 Å². The molecular formula is C43H30IrN2O-2. The molecular weight excluding hydrogens is 753 g/mol. The van der Waals surface area contributed by atoms with Gasteiger partial charge >= 0.3 is 0 Å². The number of aromatic nitrogens is 2. The molecule has 0 atom stereocenters. The average Bonchev–Trinajstić information content (AvgIpc) is 3.51. The number of benzene rings is 6. The summed E-state index contributed by atoms with van der Waals surface area (Å²) in [5.74, 6) is -0.713.